The fourth-order valence-corrected chi connectivity index (χ4v) is 2.52. The molecule has 0 amide bonds. The molecule has 4 nitrogen and oxygen atoms in total. The van der Waals surface area contributed by atoms with Gasteiger partial charge in [0, 0.05) is 11.1 Å². The number of likely N-dealkylation sites (N-methyl/N-ethyl adjacent to an activating group) is 1. The zero-order valence-electron chi connectivity index (χ0n) is 11.0. The average molecular weight is 238 g/mol. The predicted molar refractivity (Wildman–Crippen MR) is 65.6 cm³/mol. The summed E-state index contributed by atoms with van der Waals surface area (Å²) in [5.74, 6) is 1.66. The summed E-state index contributed by atoms with van der Waals surface area (Å²) in [5, 5.41) is 2.35. The van der Waals surface area contributed by atoms with Crippen LogP contribution in [0.5, 0.6) is 11.5 Å². The van der Waals surface area contributed by atoms with E-state index in [1.54, 1.807) is 14.2 Å². The molecular formula is C13H22N2O2+2. The van der Waals surface area contributed by atoms with Gasteiger partial charge in [-0.15, -0.1) is 0 Å². The van der Waals surface area contributed by atoms with Gasteiger partial charge in [0.15, 0.2) is 17.5 Å². The summed E-state index contributed by atoms with van der Waals surface area (Å²) < 4.78 is 10.7. The molecule has 4 heteroatoms. The van der Waals surface area contributed by atoms with Crippen LogP contribution in [0, 0.1) is 0 Å². The molecule has 17 heavy (non-hydrogen) atoms. The van der Waals surface area contributed by atoms with Gasteiger partial charge < -0.3 is 19.7 Å². The Morgan fingerprint density at radius 2 is 1.82 bits per heavy atom. The van der Waals surface area contributed by atoms with Crippen molar-refractivity contribution in [1.29, 1.82) is 0 Å². The molecule has 94 valence electrons. The van der Waals surface area contributed by atoms with Gasteiger partial charge in [-0.1, -0.05) is 0 Å². The molecule has 0 saturated carbocycles. The first-order chi connectivity index (χ1) is 8.17. The number of fused-ring (bicyclic) bond motifs is 1. The van der Waals surface area contributed by atoms with Crippen molar-refractivity contribution < 1.29 is 19.7 Å². The monoisotopic (exact) mass is 238 g/mol. The van der Waals surface area contributed by atoms with Gasteiger partial charge in [0.2, 0.25) is 0 Å². The Bertz CT molecular complexity index is 405. The summed E-state index contributed by atoms with van der Waals surface area (Å²) in [6, 6.07) is 4.78. The van der Waals surface area contributed by atoms with Crippen molar-refractivity contribution in [2.24, 2.45) is 0 Å². The van der Waals surface area contributed by atoms with Crippen LogP contribution in [-0.4, -0.2) is 34.9 Å². The number of hydrogen-bond acceptors (Lipinski definition) is 2. The van der Waals surface area contributed by atoms with Crippen LogP contribution in [0.2, 0.25) is 0 Å². The molecule has 0 fully saturated rings. The van der Waals surface area contributed by atoms with Crippen molar-refractivity contribution in [2.45, 2.75) is 12.6 Å². The van der Waals surface area contributed by atoms with Gasteiger partial charge >= 0.3 is 0 Å². The summed E-state index contributed by atoms with van der Waals surface area (Å²) in [6.45, 7) is 2.16. The minimum absolute atomic E-state index is 0.526. The molecule has 2 rings (SSSR count). The zero-order chi connectivity index (χ0) is 12.4. The molecule has 1 heterocycles. The van der Waals surface area contributed by atoms with Crippen LogP contribution in [0.15, 0.2) is 12.1 Å². The number of rotatable bonds is 3. The second-order valence-corrected chi connectivity index (χ2v) is 4.76. The lowest BCUT2D eigenvalue weighted by atomic mass is 9.95. The van der Waals surface area contributed by atoms with E-state index in [2.05, 4.69) is 31.5 Å². The fraction of sp³-hybridized carbons (Fsp3) is 0.538. The van der Waals surface area contributed by atoms with Gasteiger partial charge in [-0.3, -0.25) is 0 Å². The zero-order valence-corrected chi connectivity index (χ0v) is 11.0. The van der Waals surface area contributed by atoms with Crippen molar-refractivity contribution in [1.82, 2.24) is 0 Å². The molecule has 0 unspecified atom stereocenters. The summed E-state index contributed by atoms with van der Waals surface area (Å²) in [7, 11) is 7.77. The van der Waals surface area contributed by atoms with Gasteiger partial charge in [-0.05, 0) is 12.1 Å². The van der Waals surface area contributed by atoms with Crippen LogP contribution >= 0.6 is 0 Å². The van der Waals surface area contributed by atoms with Crippen molar-refractivity contribution in [3.63, 3.8) is 0 Å². The standard InChI is InChI=1S/C13H20N2O2/c1-15(2)11-8-14-7-9-5-12(16-3)13(17-4)6-10(9)11/h5-6,11,14H,7-8H2,1-4H3/p+2/t11-/m1/s1. The smallest absolute Gasteiger partial charge is 0.163 e. The third-order valence-corrected chi connectivity index (χ3v) is 3.48. The quantitative estimate of drug-likeness (QED) is 0.706. The second kappa shape index (κ2) is 4.94. The number of nitrogens with two attached hydrogens (primary N) is 1. The molecule has 3 N–H and O–H groups in total. The number of quaternary nitrogens is 2. The van der Waals surface area contributed by atoms with E-state index in [4.69, 9.17) is 9.47 Å². The first-order valence-electron chi connectivity index (χ1n) is 6.04. The third-order valence-electron chi connectivity index (χ3n) is 3.48. The Balaban J connectivity index is 2.47. The SMILES string of the molecule is COc1cc2c(cc1OC)[C@H]([NH+](C)C)C[NH2+]C2. The number of methoxy groups -OCH3 is 2. The molecule has 0 radical (unpaired) electrons. The van der Waals surface area contributed by atoms with Crippen molar-refractivity contribution in [2.75, 3.05) is 34.9 Å². The molecule has 1 aromatic rings. The van der Waals surface area contributed by atoms with Crippen molar-refractivity contribution in [3.05, 3.63) is 23.3 Å². The van der Waals surface area contributed by atoms with Crippen LogP contribution in [-0.2, 0) is 6.54 Å². The van der Waals surface area contributed by atoms with Gasteiger partial charge in [0.1, 0.15) is 13.1 Å². The van der Waals surface area contributed by atoms with E-state index in [0.717, 1.165) is 24.6 Å². The molecule has 1 aliphatic rings. The van der Waals surface area contributed by atoms with E-state index in [9.17, 15) is 0 Å². The average Bonchev–Trinajstić information content (AvgIpc) is 2.35. The Morgan fingerprint density at radius 3 is 2.41 bits per heavy atom. The topological polar surface area (TPSA) is 39.5 Å². The van der Waals surface area contributed by atoms with Crippen molar-refractivity contribution >= 4 is 0 Å². The third kappa shape index (κ3) is 2.23. The van der Waals surface area contributed by atoms with E-state index in [0.29, 0.717) is 6.04 Å². The lowest BCUT2D eigenvalue weighted by molar-refractivity contribution is -0.912. The highest BCUT2D eigenvalue weighted by molar-refractivity contribution is 5.48. The van der Waals surface area contributed by atoms with E-state index in [1.807, 2.05) is 0 Å². The Kier molecular flexibility index (Phi) is 3.54. The maximum Gasteiger partial charge on any atom is 0.163 e. The van der Waals surface area contributed by atoms with Crippen LogP contribution in [0.1, 0.15) is 17.2 Å². The minimum Gasteiger partial charge on any atom is -0.493 e. The highest BCUT2D eigenvalue weighted by atomic mass is 16.5. The first kappa shape index (κ1) is 12.2. The number of nitrogens with one attached hydrogen (secondary N) is 1. The molecule has 0 bridgehead atoms. The number of benzene rings is 1. The van der Waals surface area contributed by atoms with E-state index in [-0.39, 0.29) is 0 Å². The molecule has 0 aliphatic carbocycles. The molecule has 0 saturated heterocycles. The van der Waals surface area contributed by atoms with E-state index in [1.165, 1.54) is 16.0 Å². The Morgan fingerprint density at radius 1 is 1.18 bits per heavy atom. The molecule has 0 aromatic heterocycles. The van der Waals surface area contributed by atoms with Crippen molar-refractivity contribution in [3.8, 4) is 11.5 Å². The van der Waals surface area contributed by atoms with Crippen LogP contribution in [0.3, 0.4) is 0 Å². The molecule has 1 atom stereocenters. The summed E-state index contributed by atoms with van der Waals surface area (Å²) in [5.41, 5.74) is 2.75. The van der Waals surface area contributed by atoms with E-state index >= 15 is 0 Å². The summed E-state index contributed by atoms with van der Waals surface area (Å²) in [6.07, 6.45) is 0. The molecule has 1 aromatic carbocycles. The predicted octanol–water partition coefficient (Wildman–Crippen LogP) is -1.03. The number of ether oxygens (including phenoxy) is 2. The largest absolute Gasteiger partial charge is 0.493 e. The van der Waals surface area contributed by atoms with Gasteiger partial charge in [-0.2, -0.15) is 0 Å². The molecular weight excluding hydrogens is 216 g/mol. The Labute approximate surface area is 103 Å². The molecule has 1 aliphatic heterocycles. The van der Waals surface area contributed by atoms with E-state index < -0.39 is 0 Å². The summed E-state index contributed by atoms with van der Waals surface area (Å²) >= 11 is 0. The van der Waals surface area contributed by atoms with Gasteiger partial charge in [-0.25, -0.2) is 0 Å². The number of hydrogen-bond donors (Lipinski definition) is 2. The molecule has 0 spiro atoms. The summed E-state index contributed by atoms with van der Waals surface area (Å²) in [4.78, 5) is 1.45. The maximum atomic E-state index is 5.39. The highest BCUT2D eigenvalue weighted by Gasteiger charge is 2.29. The second-order valence-electron chi connectivity index (χ2n) is 4.76. The van der Waals surface area contributed by atoms with Crippen LogP contribution in [0.4, 0.5) is 0 Å². The minimum atomic E-state index is 0.526. The van der Waals surface area contributed by atoms with Gasteiger partial charge in [0.05, 0.1) is 28.3 Å². The van der Waals surface area contributed by atoms with Crippen LogP contribution in [0.25, 0.3) is 0 Å². The first-order valence-corrected chi connectivity index (χ1v) is 6.04. The van der Waals surface area contributed by atoms with Gasteiger partial charge in [0.25, 0.3) is 0 Å². The normalized spacial score (nSPS) is 19.0. The lowest BCUT2D eigenvalue weighted by Gasteiger charge is -2.27. The van der Waals surface area contributed by atoms with Crippen LogP contribution < -0.4 is 19.7 Å². The Hall–Kier alpha value is -1.26. The fourth-order valence-electron chi connectivity index (χ4n) is 2.52. The lowest BCUT2D eigenvalue weighted by Crippen LogP contribution is -3.10. The maximum absolute atomic E-state index is 5.39. The highest BCUT2D eigenvalue weighted by Crippen LogP contribution is 2.32.